The van der Waals surface area contributed by atoms with E-state index in [2.05, 4.69) is 13.8 Å². The van der Waals surface area contributed by atoms with Crippen LogP contribution in [0.25, 0.3) is 0 Å². The minimum atomic E-state index is -1.92. The fraction of sp³-hybridized carbons (Fsp3) is 0.714. The molecule has 0 unspecified atom stereocenters. The van der Waals surface area contributed by atoms with Gasteiger partial charge in [-0.3, -0.25) is 0 Å². The Kier molecular flexibility index (Phi) is 15.2. The second-order valence-corrected chi connectivity index (χ2v) is 9.62. The predicted molar refractivity (Wildman–Crippen MR) is 142 cm³/mol. The zero-order valence-electron chi connectivity index (χ0n) is 22.8. The molecule has 2 aliphatic rings. The normalized spacial score (nSPS) is 35.7. The molecule has 224 valence electrons. The molecule has 2 heterocycles. The highest BCUT2D eigenvalue weighted by molar-refractivity contribution is 5.05. The summed E-state index contributed by atoms with van der Waals surface area (Å²) in [7, 11) is 0. The number of hydrogen-bond donors (Lipinski definition) is 6. The smallest absolute Gasteiger partial charge is 0.246 e. The highest BCUT2D eigenvalue weighted by Crippen LogP contribution is 2.38. The standard InChI is InChI=1S/C28H46O11/c1-3-5-7-9-11-13-15-35-19-28(39-27-25(34)24(33)22(31)20(17-29)37-27)26(23(32)21(18-30)38-28)36-16-14-12-10-8-6-4-2/h9-16,20-27,29-34H,3-8,17-19H2,1-2H3/t20-,21-,22-,23-,24+,25-,26+,27-,28+/m1/s1. The lowest BCUT2D eigenvalue weighted by molar-refractivity contribution is -0.383. The van der Waals surface area contributed by atoms with Crippen LogP contribution in [0.3, 0.4) is 0 Å². The van der Waals surface area contributed by atoms with Gasteiger partial charge in [-0.15, -0.1) is 0 Å². The SMILES string of the molecule is CCCCC=CC=COC[C@@]1(O[C@H]2O[C@H](CO)[C@@H](O)[C@H](O)[C@H]2O)O[C@H](CO)[C@@H](O)[C@@H]1OC=CC=CCCCC. The van der Waals surface area contributed by atoms with Crippen LogP contribution in [0.1, 0.15) is 52.4 Å². The summed E-state index contributed by atoms with van der Waals surface area (Å²) in [6.07, 6.45) is 8.12. The molecule has 11 heteroatoms. The third-order valence-electron chi connectivity index (χ3n) is 6.53. The van der Waals surface area contributed by atoms with Gasteiger partial charge in [0.05, 0.1) is 25.7 Å². The van der Waals surface area contributed by atoms with Gasteiger partial charge in [0.25, 0.3) is 0 Å². The van der Waals surface area contributed by atoms with E-state index >= 15 is 0 Å². The lowest BCUT2D eigenvalue weighted by atomic mass is 9.99. The number of allylic oxidation sites excluding steroid dienone is 6. The molecular weight excluding hydrogens is 512 g/mol. The van der Waals surface area contributed by atoms with Crippen LogP contribution >= 0.6 is 0 Å². The van der Waals surface area contributed by atoms with E-state index in [-0.39, 0.29) is 6.61 Å². The number of aliphatic hydroxyl groups is 6. The Balaban J connectivity index is 2.27. The molecule has 2 rings (SSSR count). The van der Waals surface area contributed by atoms with Gasteiger partial charge in [0.2, 0.25) is 5.79 Å². The van der Waals surface area contributed by atoms with Crippen LogP contribution in [0.2, 0.25) is 0 Å². The molecule has 39 heavy (non-hydrogen) atoms. The maximum Gasteiger partial charge on any atom is 0.246 e. The molecule has 0 aliphatic carbocycles. The van der Waals surface area contributed by atoms with E-state index < -0.39 is 68.0 Å². The van der Waals surface area contributed by atoms with Crippen LogP contribution in [-0.4, -0.2) is 105 Å². The van der Waals surface area contributed by atoms with Crippen molar-refractivity contribution in [2.75, 3.05) is 19.8 Å². The van der Waals surface area contributed by atoms with E-state index in [9.17, 15) is 30.6 Å². The third-order valence-corrected chi connectivity index (χ3v) is 6.53. The average molecular weight is 559 g/mol. The number of aliphatic hydroxyl groups excluding tert-OH is 6. The summed E-state index contributed by atoms with van der Waals surface area (Å²) in [5, 5.41) is 61.2. The molecule has 0 aromatic carbocycles. The topological polar surface area (TPSA) is 168 Å². The van der Waals surface area contributed by atoms with Crippen LogP contribution in [-0.2, 0) is 23.7 Å². The Hall–Kier alpha value is -1.80. The summed E-state index contributed by atoms with van der Waals surface area (Å²) < 4.78 is 28.9. The molecule has 0 aromatic rings. The van der Waals surface area contributed by atoms with Crippen molar-refractivity contribution < 1.29 is 54.3 Å². The van der Waals surface area contributed by atoms with Crippen molar-refractivity contribution in [3.05, 3.63) is 49.0 Å². The summed E-state index contributed by atoms with van der Waals surface area (Å²) >= 11 is 0. The summed E-state index contributed by atoms with van der Waals surface area (Å²) in [5.74, 6) is -1.92. The Morgan fingerprint density at radius 2 is 1.36 bits per heavy atom. The Bertz CT molecular complexity index is 783. The molecule has 11 nitrogen and oxygen atoms in total. The Labute approximate surface area is 230 Å². The van der Waals surface area contributed by atoms with Gasteiger partial charge in [0.1, 0.15) is 43.2 Å². The molecule has 0 aromatic heterocycles. The van der Waals surface area contributed by atoms with Crippen molar-refractivity contribution in [2.24, 2.45) is 0 Å². The van der Waals surface area contributed by atoms with Crippen LogP contribution in [0.4, 0.5) is 0 Å². The van der Waals surface area contributed by atoms with Gasteiger partial charge < -0.3 is 54.3 Å². The Morgan fingerprint density at radius 3 is 1.95 bits per heavy atom. The molecule has 0 saturated carbocycles. The van der Waals surface area contributed by atoms with E-state index in [0.717, 1.165) is 38.5 Å². The molecule has 6 N–H and O–H groups in total. The maximum atomic E-state index is 10.9. The van der Waals surface area contributed by atoms with E-state index in [1.807, 2.05) is 18.2 Å². The summed E-state index contributed by atoms with van der Waals surface area (Å²) in [5.41, 5.74) is 0. The van der Waals surface area contributed by atoms with E-state index in [1.54, 1.807) is 18.2 Å². The minimum Gasteiger partial charge on any atom is -0.495 e. The van der Waals surface area contributed by atoms with Gasteiger partial charge in [0.15, 0.2) is 12.4 Å². The van der Waals surface area contributed by atoms with Gasteiger partial charge in [-0.05, 0) is 25.0 Å². The molecule has 0 spiro atoms. The molecule has 0 radical (unpaired) electrons. The fourth-order valence-electron chi connectivity index (χ4n) is 4.22. The lowest BCUT2D eigenvalue weighted by Crippen LogP contribution is -2.63. The largest absolute Gasteiger partial charge is 0.495 e. The zero-order chi connectivity index (χ0) is 28.7. The van der Waals surface area contributed by atoms with E-state index in [1.165, 1.54) is 12.5 Å². The van der Waals surface area contributed by atoms with Gasteiger partial charge in [-0.2, -0.15) is 0 Å². The summed E-state index contributed by atoms with van der Waals surface area (Å²) in [4.78, 5) is 0. The van der Waals surface area contributed by atoms with Crippen molar-refractivity contribution >= 4 is 0 Å². The first-order valence-electron chi connectivity index (χ1n) is 13.7. The Morgan fingerprint density at radius 1 is 0.744 bits per heavy atom. The maximum absolute atomic E-state index is 10.9. The fourth-order valence-corrected chi connectivity index (χ4v) is 4.22. The zero-order valence-corrected chi connectivity index (χ0v) is 22.8. The second-order valence-electron chi connectivity index (χ2n) is 9.62. The van der Waals surface area contributed by atoms with Crippen LogP contribution in [0.5, 0.6) is 0 Å². The number of rotatable bonds is 17. The lowest BCUT2D eigenvalue weighted by Gasteiger charge is -2.43. The van der Waals surface area contributed by atoms with E-state index in [4.69, 9.17) is 23.7 Å². The van der Waals surface area contributed by atoms with Crippen molar-refractivity contribution in [1.82, 2.24) is 0 Å². The highest BCUT2D eigenvalue weighted by Gasteiger charge is 2.60. The quantitative estimate of drug-likeness (QED) is 0.0861. The first-order valence-corrected chi connectivity index (χ1v) is 13.7. The molecule has 0 bridgehead atoms. The van der Waals surface area contributed by atoms with Gasteiger partial charge in [-0.1, -0.05) is 63.8 Å². The van der Waals surface area contributed by atoms with Crippen molar-refractivity contribution in [3.8, 4) is 0 Å². The molecule has 2 saturated heterocycles. The number of unbranched alkanes of at least 4 members (excludes halogenated alkanes) is 4. The first-order chi connectivity index (χ1) is 18.8. The molecule has 0 amide bonds. The van der Waals surface area contributed by atoms with Crippen LogP contribution < -0.4 is 0 Å². The van der Waals surface area contributed by atoms with Crippen molar-refractivity contribution in [2.45, 2.75) is 107 Å². The first kappa shape index (κ1) is 33.4. The second kappa shape index (κ2) is 17.8. The highest BCUT2D eigenvalue weighted by atomic mass is 16.8. The van der Waals surface area contributed by atoms with Crippen molar-refractivity contribution in [3.63, 3.8) is 0 Å². The third kappa shape index (κ3) is 9.66. The van der Waals surface area contributed by atoms with Gasteiger partial charge in [-0.25, -0.2) is 0 Å². The molecular formula is C28H46O11. The van der Waals surface area contributed by atoms with E-state index in [0.29, 0.717) is 0 Å². The minimum absolute atomic E-state index is 0.361. The summed E-state index contributed by atoms with van der Waals surface area (Å²) in [6.45, 7) is 2.61. The van der Waals surface area contributed by atoms with Gasteiger partial charge in [0, 0.05) is 0 Å². The average Bonchev–Trinajstić information content (AvgIpc) is 3.20. The molecule has 9 atom stereocenters. The van der Waals surface area contributed by atoms with Crippen molar-refractivity contribution in [1.29, 1.82) is 0 Å². The predicted octanol–water partition coefficient (Wildman–Crippen LogP) is 1.17. The molecule has 2 aliphatic heterocycles. The monoisotopic (exact) mass is 558 g/mol. The van der Waals surface area contributed by atoms with Gasteiger partial charge >= 0.3 is 0 Å². The van der Waals surface area contributed by atoms with Crippen LogP contribution in [0, 0.1) is 0 Å². The van der Waals surface area contributed by atoms with Crippen LogP contribution in [0.15, 0.2) is 49.0 Å². The molecule has 2 fully saturated rings. The number of hydrogen-bond acceptors (Lipinski definition) is 11. The summed E-state index contributed by atoms with van der Waals surface area (Å²) in [6, 6.07) is 0. The number of ether oxygens (including phenoxy) is 5.